The highest BCUT2D eigenvalue weighted by Crippen LogP contribution is 2.29. The molecule has 3 rings (SSSR count). The van der Waals surface area contributed by atoms with Crippen molar-refractivity contribution in [3.05, 3.63) is 44.9 Å². The van der Waals surface area contributed by atoms with Gasteiger partial charge in [-0.05, 0) is 33.8 Å². The maximum atomic E-state index is 12.8. The molecule has 0 atom stereocenters. The van der Waals surface area contributed by atoms with Gasteiger partial charge in [-0.1, -0.05) is 11.3 Å². The van der Waals surface area contributed by atoms with Crippen molar-refractivity contribution >= 4 is 27.5 Å². The molecular formula is C16H18N4O4S. The molecule has 3 aromatic rings. The summed E-state index contributed by atoms with van der Waals surface area (Å²) >= 11 is 1.26. The maximum absolute atomic E-state index is 12.8. The van der Waals surface area contributed by atoms with Crippen molar-refractivity contribution < 1.29 is 9.53 Å². The average molecular weight is 362 g/mol. The molecule has 25 heavy (non-hydrogen) atoms. The van der Waals surface area contributed by atoms with Crippen LogP contribution in [-0.4, -0.2) is 30.9 Å². The first-order valence-electron chi connectivity index (χ1n) is 7.65. The molecule has 1 N–H and O–H groups in total. The predicted octanol–water partition coefficient (Wildman–Crippen LogP) is 1.59. The van der Waals surface area contributed by atoms with E-state index in [0.717, 1.165) is 9.57 Å². The molecule has 0 fully saturated rings. The molecule has 132 valence electrons. The maximum Gasteiger partial charge on any atom is 0.329 e. The van der Waals surface area contributed by atoms with E-state index in [1.165, 1.54) is 11.3 Å². The highest BCUT2D eigenvalue weighted by Gasteiger charge is 2.21. The van der Waals surface area contributed by atoms with E-state index in [1.807, 2.05) is 0 Å². The lowest BCUT2D eigenvalue weighted by Crippen LogP contribution is -2.39. The Morgan fingerprint density at radius 1 is 1.36 bits per heavy atom. The number of H-pyrrole nitrogens is 1. The molecular weight excluding hydrogens is 344 g/mol. The number of hydrogen-bond acceptors (Lipinski definition) is 6. The van der Waals surface area contributed by atoms with Gasteiger partial charge < -0.3 is 4.74 Å². The van der Waals surface area contributed by atoms with Crippen molar-refractivity contribution in [1.29, 1.82) is 0 Å². The number of esters is 1. The molecule has 9 heteroatoms. The fourth-order valence-electron chi connectivity index (χ4n) is 2.49. The smallest absolute Gasteiger partial charge is 0.329 e. The van der Waals surface area contributed by atoms with E-state index in [2.05, 4.69) is 10.1 Å². The van der Waals surface area contributed by atoms with Gasteiger partial charge in [-0.3, -0.25) is 14.6 Å². The number of carbonyl (C=O) groups excluding carboxylic acids is 1. The summed E-state index contributed by atoms with van der Waals surface area (Å²) in [5.41, 5.74) is -1.15. The summed E-state index contributed by atoms with van der Waals surface area (Å²) < 4.78 is 7.69. The number of aryl methyl sites for hydroxylation is 1. The lowest BCUT2D eigenvalue weighted by atomic mass is 10.2. The van der Waals surface area contributed by atoms with Gasteiger partial charge in [0.25, 0.3) is 5.56 Å². The number of fused-ring (bicyclic) bond motifs is 1. The van der Waals surface area contributed by atoms with Crippen LogP contribution in [0.25, 0.3) is 15.2 Å². The van der Waals surface area contributed by atoms with E-state index in [4.69, 9.17) is 4.74 Å². The Labute approximate surface area is 146 Å². The second kappa shape index (κ2) is 5.99. The fraction of sp³-hybridized carbons (Fsp3) is 0.375. The molecule has 0 amide bonds. The Balaban J connectivity index is 2.10. The number of carbonyl (C=O) groups is 1. The summed E-state index contributed by atoms with van der Waals surface area (Å²) in [5.74, 6) is -0.639. The van der Waals surface area contributed by atoms with Crippen LogP contribution in [0.3, 0.4) is 0 Å². The topological polar surface area (TPSA) is 99.0 Å². The van der Waals surface area contributed by atoms with Crippen molar-refractivity contribution in [3.63, 3.8) is 0 Å². The first-order valence-corrected chi connectivity index (χ1v) is 8.47. The van der Waals surface area contributed by atoms with Gasteiger partial charge >= 0.3 is 11.7 Å². The van der Waals surface area contributed by atoms with E-state index in [9.17, 15) is 14.4 Å². The molecule has 0 aliphatic rings. The first kappa shape index (κ1) is 17.2. The molecule has 0 saturated heterocycles. The average Bonchev–Trinajstić information content (AvgIpc) is 3.09. The molecule has 0 radical (unpaired) electrons. The summed E-state index contributed by atoms with van der Waals surface area (Å²) in [4.78, 5) is 40.1. The Morgan fingerprint density at radius 3 is 2.68 bits per heavy atom. The van der Waals surface area contributed by atoms with Gasteiger partial charge in [0, 0.05) is 18.0 Å². The third kappa shape index (κ3) is 3.27. The normalized spacial score (nSPS) is 11.8. The largest absolute Gasteiger partial charge is 0.459 e. The molecule has 0 aromatic carbocycles. The molecule has 0 bridgehead atoms. The number of ether oxygens (including phenoxy) is 1. The van der Waals surface area contributed by atoms with Crippen LogP contribution in [0.15, 0.2) is 28.0 Å². The van der Waals surface area contributed by atoms with E-state index >= 15 is 0 Å². The van der Waals surface area contributed by atoms with Crippen LogP contribution in [0.2, 0.25) is 0 Å². The van der Waals surface area contributed by atoms with Crippen LogP contribution in [0.4, 0.5) is 0 Å². The molecule has 3 aromatic heterocycles. The zero-order chi connectivity index (χ0) is 18.4. The molecule has 0 spiro atoms. The summed E-state index contributed by atoms with van der Waals surface area (Å²) in [6.45, 7) is 6.52. The highest BCUT2D eigenvalue weighted by atomic mass is 32.1. The summed E-state index contributed by atoms with van der Waals surface area (Å²) in [6, 6.07) is 1.77. The highest BCUT2D eigenvalue weighted by molar-refractivity contribution is 7.21. The molecule has 0 aliphatic heterocycles. The molecule has 0 unspecified atom stereocenters. The van der Waals surface area contributed by atoms with Crippen molar-refractivity contribution in [1.82, 2.24) is 19.3 Å². The molecule has 3 heterocycles. The van der Waals surface area contributed by atoms with Gasteiger partial charge in [0.05, 0.1) is 5.39 Å². The molecule has 8 nitrogen and oxygen atoms in total. The third-order valence-corrected chi connectivity index (χ3v) is 4.66. The number of rotatable bonds is 3. The van der Waals surface area contributed by atoms with Gasteiger partial charge in [-0.25, -0.2) is 14.0 Å². The first-order chi connectivity index (χ1) is 11.7. The predicted molar refractivity (Wildman–Crippen MR) is 94.4 cm³/mol. The van der Waals surface area contributed by atoms with Crippen LogP contribution in [-0.2, 0) is 16.1 Å². The second-order valence-corrected chi connectivity index (χ2v) is 7.59. The zero-order valence-electron chi connectivity index (χ0n) is 14.3. The minimum absolute atomic E-state index is 0.374. The van der Waals surface area contributed by atoms with Gasteiger partial charge in [-0.2, -0.15) is 5.10 Å². The Hall–Kier alpha value is -2.68. The lowest BCUT2D eigenvalue weighted by Gasteiger charge is -2.19. The third-order valence-electron chi connectivity index (χ3n) is 3.47. The lowest BCUT2D eigenvalue weighted by molar-refractivity contribution is -0.155. The summed E-state index contributed by atoms with van der Waals surface area (Å²) in [7, 11) is 0. The van der Waals surface area contributed by atoms with Gasteiger partial charge in [0.1, 0.15) is 22.0 Å². The minimum atomic E-state index is -0.691. The zero-order valence-corrected chi connectivity index (χ0v) is 15.1. The van der Waals surface area contributed by atoms with Crippen LogP contribution in [0.1, 0.15) is 26.3 Å². The van der Waals surface area contributed by atoms with Gasteiger partial charge in [0.15, 0.2) is 0 Å². The Kier molecular flexibility index (Phi) is 4.11. The minimum Gasteiger partial charge on any atom is -0.459 e. The van der Waals surface area contributed by atoms with E-state index in [1.54, 1.807) is 50.8 Å². The number of aromatic amines is 1. The van der Waals surface area contributed by atoms with Crippen LogP contribution < -0.4 is 11.2 Å². The monoisotopic (exact) mass is 362 g/mol. The van der Waals surface area contributed by atoms with Crippen molar-refractivity contribution in [2.24, 2.45) is 0 Å². The Bertz CT molecular complexity index is 1050. The number of nitrogens with one attached hydrogen (secondary N) is 1. The van der Waals surface area contributed by atoms with Crippen molar-refractivity contribution in [2.45, 2.75) is 39.8 Å². The quantitative estimate of drug-likeness (QED) is 0.713. The van der Waals surface area contributed by atoms with E-state index < -0.39 is 29.4 Å². The summed E-state index contributed by atoms with van der Waals surface area (Å²) in [6.07, 6.45) is 3.39. The van der Waals surface area contributed by atoms with Crippen LogP contribution in [0.5, 0.6) is 0 Å². The van der Waals surface area contributed by atoms with Crippen molar-refractivity contribution in [3.8, 4) is 5.00 Å². The van der Waals surface area contributed by atoms with Crippen LogP contribution in [0, 0.1) is 6.92 Å². The Morgan fingerprint density at radius 2 is 2.08 bits per heavy atom. The SMILES string of the molecule is Cc1c(-n2cccn2)sc2[nH]c(=O)n(CC(=O)OC(C)(C)C)c(=O)c12. The number of nitrogens with zero attached hydrogens (tertiary/aromatic N) is 3. The molecule has 0 aliphatic carbocycles. The van der Waals surface area contributed by atoms with Crippen LogP contribution >= 0.6 is 11.3 Å². The second-order valence-electron chi connectivity index (χ2n) is 6.59. The van der Waals surface area contributed by atoms with E-state index in [-0.39, 0.29) is 0 Å². The van der Waals surface area contributed by atoms with Gasteiger partial charge in [-0.15, -0.1) is 0 Å². The number of aromatic nitrogens is 4. The summed E-state index contributed by atoms with van der Waals surface area (Å²) in [5, 5.41) is 5.27. The number of hydrogen-bond donors (Lipinski definition) is 1. The van der Waals surface area contributed by atoms with Crippen molar-refractivity contribution in [2.75, 3.05) is 0 Å². The number of thiophene rings is 1. The van der Waals surface area contributed by atoms with E-state index in [0.29, 0.717) is 15.8 Å². The fourth-order valence-corrected chi connectivity index (χ4v) is 3.62. The molecule has 0 saturated carbocycles. The standard InChI is InChI=1S/C16H18N4O4S/c1-9-11-12(25-14(9)20-7-5-6-17-20)18-15(23)19(13(11)22)8-10(21)24-16(2,3)4/h5-7H,8H2,1-4H3,(H,18,23). The van der Waals surface area contributed by atoms with Gasteiger partial charge in [0.2, 0.25) is 0 Å².